The number of benzene rings is 1. The number of carboxylic acid groups (broad SMARTS) is 2. The van der Waals surface area contributed by atoms with Crippen LogP contribution in [-0.4, -0.2) is 79.1 Å². The fraction of sp³-hybridized carbons (Fsp3) is 0.455. The number of aliphatic carboxylic acids is 1. The van der Waals surface area contributed by atoms with Crippen LogP contribution in [0, 0.1) is 11.8 Å². The second-order valence-corrected chi connectivity index (χ2v) is 10.1. The molecule has 1 aromatic rings. The number of aliphatic hydroxyl groups excluding tert-OH is 1. The molecule has 11 nitrogen and oxygen atoms in total. The molecule has 1 aromatic carbocycles. The molecular weight excluding hydrogens is 466 g/mol. The Labute approximate surface area is 198 Å². The largest absolute Gasteiger partial charge is 0.507 e. The third-order valence-electron chi connectivity index (χ3n) is 6.51. The molecule has 12 heteroatoms. The highest BCUT2D eigenvalue weighted by Crippen LogP contribution is 2.51. The molecule has 0 radical (unpaired) electrons. The normalized spacial score (nSPS) is 29.0. The Hall–Kier alpha value is -3.09. The summed E-state index contributed by atoms with van der Waals surface area (Å²) < 4.78 is 0. The van der Waals surface area contributed by atoms with Crippen molar-refractivity contribution in [3.63, 3.8) is 0 Å². The molecule has 0 unspecified atom stereocenters. The summed E-state index contributed by atoms with van der Waals surface area (Å²) in [6.07, 6.45) is -0.486. The van der Waals surface area contributed by atoms with Crippen LogP contribution in [-0.2, 0) is 14.4 Å². The van der Waals surface area contributed by atoms with Crippen molar-refractivity contribution in [2.45, 2.75) is 43.7 Å². The Kier molecular flexibility index (Phi) is 6.32. The van der Waals surface area contributed by atoms with Crippen molar-refractivity contribution in [3.05, 3.63) is 34.4 Å². The van der Waals surface area contributed by atoms with Crippen molar-refractivity contribution in [1.82, 2.24) is 10.2 Å². The molecule has 34 heavy (non-hydrogen) atoms. The first-order chi connectivity index (χ1) is 16.0. The van der Waals surface area contributed by atoms with Crippen LogP contribution >= 0.6 is 11.8 Å². The monoisotopic (exact) mass is 491 g/mol. The topological polar surface area (TPSA) is 176 Å². The zero-order chi connectivity index (χ0) is 24.9. The predicted molar refractivity (Wildman–Crippen MR) is 121 cm³/mol. The summed E-state index contributed by atoms with van der Waals surface area (Å²) in [7, 11) is 0. The second-order valence-electron chi connectivity index (χ2n) is 8.73. The molecule has 182 valence electrons. The summed E-state index contributed by atoms with van der Waals surface area (Å²) in [5.74, 6) is -4.60. The van der Waals surface area contributed by atoms with Crippen LogP contribution in [0.3, 0.4) is 0 Å². The van der Waals surface area contributed by atoms with Crippen LogP contribution in [0.15, 0.2) is 28.8 Å². The van der Waals surface area contributed by atoms with E-state index in [1.807, 2.05) is 6.92 Å². The number of anilines is 1. The Morgan fingerprint density at radius 1 is 1.24 bits per heavy atom. The maximum absolute atomic E-state index is 12.7. The first kappa shape index (κ1) is 24.0. The molecule has 6 N–H and O–H groups in total. The lowest BCUT2D eigenvalue weighted by atomic mass is 9.79. The maximum Gasteiger partial charge on any atom is 0.353 e. The molecule has 0 aromatic heterocycles. The number of hydrogen-bond donors (Lipinski definition) is 6. The van der Waals surface area contributed by atoms with Crippen LogP contribution in [0.5, 0.6) is 5.75 Å². The number of nitrogens with zero attached hydrogens (tertiary/aromatic N) is 1. The van der Waals surface area contributed by atoms with Gasteiger partial charge in [-0.15, -0.1) is 11.8 Å². The molecule has 4 rings (SSSR count). The van der Waals surface area contributed by atoms with E-state index >= 15 is 0 Å². The number of thioether (sulfide) groups is 1. The molecule has 0 bridgehead atoms. The summed E-state index contributed by atoms with van der Waals surface area (Å²) in [5.41, 5.74) is -0.156. The highest BCUT2D eigenvalue weighted by Gasteiger charge is 2.60. The van der Waals surface area contributed by atoms with Gasteiger partial charge in [0.1, 0.15) is 17.0 Å². The van der Waals surface area contributed by atoms with Crippen LogP contribution < -0.4 is 10.6 Å². The molecule has 2 amide bonds. The number of amides is 2. The Bertz CT molecular complexity index is 1100. The lowest BCUT2D eigenvalue weighted by Crippen LogP contribution is -2.63. The SMILES string of the molecule is C[C@@H](O)[C@H]1C(=O)N2C(C(=O)O)=C(S[C@@H]3CN[C@H](C(=O)Nc4ccc(O)c(C(=O)O)c4)C3)[C@H](C)[C@H]12. The van der Waals surface area contributed by atoms with E-state index in [4.69, 9.17) is 5.11 Å². The minimum Gasteiger partial charge on any atom is -0.507 e. The summed E-state index contributed by atoms with van der Waals surface area (Å²) in [6, 6.07) is 2.76. The molecule has 2 fully saturated rings. The lowest BCUT2D eigenvalue weighted by Gasteiger charge is -2.46. The number of β-lactam (4-membered cyclic amide) rings is 1. The van der Waals surface area contributed by atoms with Gasteiger partial charge in [0.15, 0.2) is 0 Å². The summed E-state index contributed by atoms with van der Waals surface area (Å²) in [4.78, 5) is 50.1. The van der Waals surface area contributed by atoms with Gasteiger partial charge in [-0.3, -0.25) is 9.59 Å². The van der Waals surface area contributed by atoms with Crippen LogP contribution in [0.25, 0.3) is 0 Å². The van der Waals surface area contributed by atoms with Gasteiger partial charge < -0.3 is 36.0 Å². The predicted octanol–water partition coefficient (Wildman–Crippen LogP) is 0.646. The number of carbonyl (C=O) groups is 4. The number of fused-ring (bicyclic) bond motifs is 1. The van der Waals surface area contributed by atoms with Gasteiger partial charge >= 0.3 is 11.9 Å². The number of aliphatic hydroxyl groups is 1. The lowest BCUT2D eigenvalue weighted by molar-refractivity contribution is -0.163. The minimum atomic E-state index is -1.32. The first-order valence-electron chi connectivity index (χ1n) is 10.8. The highest BCUT2D eigenvalue weighted by atomic mass is 32.2. The molecule has 2 saturated heterocycles. The van der Waals surface area contributed by atoms with E-state index < -0.39 is 47.7 Å². The van der Waals surface area contributed by atoms with Crippen LogP contribution in [0.1, 0.15) is 30.6 Å². The molecule has 6 atom stereocenters. The quantitative estimate of drug-likeness (QED) is 0.234. The van der Waals surface area contributed by atoms with Gasteiger partial charge in [0.2, 0.25) is 11.8 Å². The van der Waals surface area contributed by atoms with E-state index in [9.17, 15) is 34.5 Å². The first-order valence-corrected chi connectivity index (χ1v) is 11.6. The third kappa shape index (κ3) is 4.01. The smallest absolute Gasteiger partial charge is 0.353 e. The van der Waals surface area contributed by atoms with Crippen LogP contribution in [0.2, 0.25) is 0 Å². The highest BCUT2D eigenvalue weighted by molar-refractivity contribution is 8.03. The summed E-state index contributed by atoms with van der Waals surface area (Å²) >= 11 is 1.33. The van der Waals surface area contributed by atoms with E-state index in [1.54, 1.807) is 0 Å². The zero-order valence-corrected chi connectivity index (χ0v) is 19.2. The second kappa shape index (κ2) is 8.93. The fourth-order valence-corrected chi connectivity index (χ4v) is 6.34. The maximum atomic E-state index is 12.7. The van der Waals surface area contributed by atoms with Gasteiger partial charge in [-0.2, -0.15) is 0 Å². The van der Waals surface area contributed by atoms with Crippen molar-refractivity contribution in [2.75, 3.05) is 11.9 Å². The van der Waals surface area contributed by atoms with Crippen LogP contribution in [0.4, 0.5) is 5.69 Å². The summed E-state index contributed by atoms with van der Waals surface area (Å²) in [5, 5.41) is 44.1. The van der Waals surface area contributed by atoms with E-state index in [-0.39, 0.29) is 34.0 Å². The van der Waals surface area contributed by atoms with E-state index in [0.29, 0.717) is 17.9 Å². The van der Waals surface area contributed by atoms with Crippen molar-refractivity contribution in [3.8, 4) is 5.75 Å². The average molecular weight is 492 g/mol. The number of phenols is 1. The zero-order valence-electron chi connectivity index (χ0n) is 18.4. The van der Waals surface area contributed by atoms with Crippen molar-refractivity contribution >= 4 is 41.2 Å². The molecular formula is C22H25N3O8S. The van der Waals surface area contributed by atoms with Gasteiger partial charge in [-0.25, -0.2) is 9.59 Å². The number of aromatic carboxylic acids is 1. The number of nitrogens with one attached hydrogen (secondary N) is 2. The van der Waals surface area contributed by atoms with Gasteiger partial charge in [-0.1, -0.05) is 6.92 Å². The number of hydrogen-bond acceptors (Lipinski definition) is 8. The van der Waals surface area contributed by atoms with Crippen molar-refractivity contribution < 1.29 is 39.6 Å². The molecule has 0 aliphatic carbocycles. The van der Waals surface area contributed by atoms with Gasteiger partial charge in [0, 0.05) is 28.3 Å². The number of carbonyl (C=O) groups excluding carboxylic acids is 2. The molecule has 3 aliphatic rings. The molecule has 3 aliphatic heterocycles. The number of rotatable bonds is 7. The number of carboxylic acids is 2. The van der Waals surface area contributed by atoms with Gasteiger partial charge in [0.05, 0.1) is 24.1 Å². The third-order valence-corrected chi connectivity index (χ3v) is 8.02. The molecule has 3 heterocycles. The summed E-state index contributed by atoms with van der Waals surface area (Å²) in [6.45, 7) is 3.80. The molecule has 0 spiro atoms. The Morgan fingerprint density at radius 3 is 2.56 bits per heavy atom. The van der Waals surface area contributed by atoms with Gasteiger partial charge in [0.25, 0.3) is 0 Å². The Balaban J connectivity index is 1.44. The van der Waals surface area contributed by atoms with E-state index in [2.05, 4.69) is 10.6 Å². The molecule has 0 saturated carbocycles. The van der Waals surface area contributed by atoms with E-state index in [0.717, 1.165) is 0 Å². The standard InChI is InChI=1S/C22H25N3O8S/c1-8-16-15(9(2)26)20(29)25(16)17(22(32)33)18(8)34-11-6-13(23-7-11)19(28)24-10-3-4-14(27)12(5-10)21(30)31/h3-5,8-9,11,13,15-16,23,26-27H,6-7H2,1-2H3,(H,24,28)(H,30,31)(H,32,33)/t8-,9-,11+,13+,15-,16-/m1/s1. The average Bonchev–Trinajstić information content (AvgIpc) is 3.31. The van der Waals surface area contributed by atoms with Crippen molar-refractivity contribution in [2.24, 2.45) is 11.8 Å². The van der Waals surface area contributed by atoms with E-state index in [1.165, 1.54) is 41.8 Å². The number of aromatic hydroxyl groups is 1. The Morgan fingerprint density at radius 2 is 1.94 bits per heavy atom. The fourth-order valence-electron chi connectivity index (χ4n) is 4.87. The minimum absolute atomic E-state index is 0.0532. The van der Waals surface area contributed by atoms with Gasteiger partial charge in [-0.05, 0) is 31.5 Å². The van der Waals surface area contributed by atoms with Crippen molar-refractivity contribution in [1.29, 1.82) is 0 Å².